The van der Waals surface area contributed by atoms with Crippen LogP contribution in [0.15, 0.2) is 12.4 Å². The van der Waals surface area contributed by atoms with Crippen LogP contribution in [0.1, 0.15) is 55.5 Å². The third kappa shape index (κ3) is 4.72. The smallest absolute Gasteiger partial charge is 0.409 e. The maximum Gasteiger partial charge on any atom is 0.409 e. The van der Waals surface area contributed by atoms with Crippen molar-refractivity contribution in [3.63, 3.8) is 0 Å². The van der Waals surface area contributed by atoms with E-state index in [2.05, 4.69) is 11.8 Å². The summed E-state index contributed by atoms with van der Waals surface area (Å²) in [5, 5.41) is 0. The molecule has 0 aromatic carbocycles. The predicted molar refractivity (Wildman–Crippen MR) is 105 cm³/mol. The summed E-state index contributed by atoms with van der Waals surface area (Å²) in [7, 11) is 1.45. The first kappa shape index (κ1) is 19.9. The van der Waals surface area contributed by atoms with Crippen molar-refractivity contribution in [1.29, 1.82) is 0 Å². The van der Waals surface area contributed by atoms with E-state index < -0.39 is 0 Å². The molecule has 0 N–H and O–H groups in total. The maximum atomic E-state index is 11.6. The number of amides is 1. The highest BCUT2D eigenvalue weighted by atomic mass is 16.5. The van der Waals surface area contributed by atoms with Crippen LogP contribution in [-0.4, -0.2) is 65.7 Å². The predicted octanol–water partition coefficient (Wildman–Crippen LogP) is 3.20. The van der Waals surface area contributed by atoms with E-state index in [0.717, 1.165) is 45.4 Å². The fourth-order valence-electron chi connectivity index (χ4n) is 4.66. The van der Waals surface area contributed by atoms with Crippen molar-refractivity contribution in [3.8, 4) is 0 Å². The zero-order valence-corrected chi connectivity index (χ0v) is 16.9. The molecule has 0 saturated carbocycles. The van der Waals surface area contributed by atoms with Crippen LogP contribution in [0, 0.1) is 5.92 Å². The average Bonchev–Trinajstić information content (AvgIpc) is 3.31. The van der Waals surface area contributed by atoms with Gasteiger partial charge in [0.05, 0.1) is 7.11 Å². The lowest BCUT2D eigenvalue weighted by molar-refractivity contribution is 0.0936. The van der Waals surface area contributed by atoms with Crippen molar-refractivity contribution >= 4 is 12.0 Å². The summed E-state index contributed by atoms with van der Waals surface area (Å²) < 4.78 is 6.56. The number of nitrogens with zero attached hydrogens (tertiary/aromatic N) is 3. The van der Waals surface area contributed by atoms with E-state index in [1.807, 2.05) is 17.3 Å². The average molecular weight is 376 g/mol. The molecule has 1 saturated heterocycles. The molecule has 2 heterocycles. The van der Waals surface area contributed by atoms with Gasteiger partial charge in [0.25, 0.3) is 0 Å². The number of likely N-dealkylation sites (tertiary alicyclic amines) is 1. The minimum absolute atomic E-state index is 0.0888. The van der Waals surface area contributed by atoms with E-state index in [1.165, 1.54) is 37.5 Å². The first-order valence-electron chi connectivity index (χ1n) is 10.3. The van der Waals surface area contributed by atoms with E-state index in [0.29, 0.717) is 12.0 Å². The minimum Gasteiger partial charge on any atom is -0.453 e. The van der Waals surface area contributed by atoms with Crippen LogP contribution in [0.2, 0.25) is 0 Å². The number of ether oxygens (including phenoxy) is 1. The number of fused-ring (bicyclic) bond motifs is 1. The molecule has 6 heteroatoms. The van der Waals surface area contributed by atoms with E-state index >= 15 is 0 Å². The Labute approximate surface area is 162 Å². The Kier molecular flexibility index (Phi) is 6.58. The van der Waals surface area contributed by atoms with Gasteiger partial charge in [-0.1, -0.05) is 6.92 Å². The van der Waals surface area contributed by atoms with Crippen LogP contribution in [0.5, 0.6) is 0 Å². The number of likely N-dealkylation sites (N-methyl/N-ethyl adjacent to an activating group) is 1. The van der Waals surface area contributed by atoms with Gasteiger partial charge in [-0.3, -0.25) is 9.36 Å². The number of carbonyl (C=O) groups excluding carboxylic acids is 2. The summed E-state index contributed by atoms with van der Waals surface area (Å²) >= 11 is 0. The van der Waals surface area contributed by atoms with Gasteiger partial charge >= 0.3 is 6.09 Å². The number of rotatable bonds is 6. The lowest BCUT2D eigenvalue weighted by Crippen LogP contribution is -2.39. The van der Waals surface area contributed by atoms with E-state index in [1.54, 1.807) is 11.5 Å². The molecule has 1 fully saturated rings. The summed E-state index contributed by atoms with van der Waals surface area (Å²) in [6, 6.07) is 0.570. The number of carbonyl (C=O) groups is 2. The summed E-state index contributed by atoms with van der Waals surface area (Å²) in [6.45, 7) is 7.69. The highest BCUT2D eigenvalue weighted by Crippen LogP contribution is 2.27. The largest absolute Gasteiger partial charge is 0.453 e. The summed E-state index contributed by atoms with van der Waals surface area (Å²) in [5.41, 5.74) is 2.68. The molecule has 1 aliphatic carbocycles. The second-order valence-electron chi connectivity index (χ2n) is 7.97. The number of aryl methyl sites for hydroxylation is 1. The third-order valence-corrected chi connectivity index (χ3v) is 6.27. The topological polar surface area (TPSA) is 54.8 Å². The Morgan fingerprint density at radius 2 is 2.04 bits per heavy atom. The van der Waals surface area contributed by atoms with Gasteiger partial charge < -0.3 is 14.5 Å². The summed E-state index contributed by atoms with van der Waals surface area (Å²) in [5.74, 6) is 0.691. The molecule has 3 rings (SSSR count). The molecule has 2 aliphatic rings. The van der Waals surface area contributed by atoms with Crippen LogP contribution in [0.3, 0.4) is 0 Å². The van der Waals surface area contributed by atoms with Gasteiger partial charge in [0.2, 0.25) is 5.91 Å². The first-order chi connectivity index (χ1) is 13.0. The number of hydrogen-bond acceptors (Lipinski definition) is 4. The third-order valence-electron chi connectivity index (χ3n) is 6.27. The number of aromatic nitrogens is 1. The van der Waals surface area contributed by atoms with Gasteiger partial charge in [-0.15, -0.1) is 0 Å². The zero-order valence-electron chi connectivity index (χ0n) is 16.9. The molecule has 1 amide bonds. The Morgan fingerprint density at radius 1 is 1.26 bits per heavy atom. The van der Waals surface area contributed by atoms with Crippen molar-refractivity contribution in [2.75, 3.05) is 33.3 Å². The molecule has 27 heavy (non-hydrogen) atoms. The molecule has 1 aromatic rings. The molecule has 2 atom stereocenters. The Balaban J connectivity index is 1.47. The van der Waals surface area contributed by atoms with E-state index in [-0.39, 0.29) is 12.0 Å². The van der Waals surface area contributed by atoms with Crippen LogP contribution in [0.25, 0.3) is 0 Å². The second kappa shape index (κ2) is 8.91. The highest BCUT2D eigenvalue weighted by molar-refractivity contribution is 5.76. The monoisotopic (exact) mass is 375 g/mol. The molecular weight excluding hydrogens is 342 g/mol. The highest BCUT2D eigenvalue weighted by Gasteiger charge is 2.28. The zero-order chi connectivity index (χ0) is 19.4. The second-order valence-corrected chi connectivity index (χ2v) is 7.97. The van der Waals surface area contributed by atoms with Gasteiger partial charge in [0, 0.05) is 38.4 Å². The van der Waals surface area contributed by atoms with Gasteiger partial charge in [-0.05, 0) is 68.7 Å². The minimum atomic E-state index is -0.191. The molecule has 0 spiro atoms. The maximum absolute atomic E-state index is 11.6. The molecule has 1 aromatic heterocycles. The van der Waals surface area contributed by atoms with Gasteiger partial charge in [-0.2, -0.15) is 0 Å². The summed E-state index contributed by atoms with van der Waals surface area (Å²) in [6.07, 6.45) is 10.6. The van der Waals surface area contributed by atoms with Crippen molar-refractivity contribution in [2.24, 2.45) is 5.92 Å². The van der Waals surface area contributed by atoms with Crippen molar-refractivity contribution in [2.45, 2.75) is 58.4 Å². The number of methoxy groups -OCH3 is 1. The van der Waals surface area contributed by atoms with Crippen LogP contribution < -0.4 is 0 Å². The van der Waals surface area contributed by atoms with E-state index in [9.17, 15) is 9.59 Å². The van der Waals surface area contributed by atoms with Crippen molar-refractivity contribution in [3.05, 3.63) is 23.5 Å². The molecule has 0 bridgehead atoms. The van der Waals surface area contributed by atoms with Crippen molar-refractivity contribution in [1.82, 2.24) is 14.4 Å². The summed E-state index contributed by atoms with van der Waals surface area (Å²) in [4.78, 5) is 27.6. The molecular formula is C21H33N3O3. The Bertz CT molecular complexity index is 670. The molecule has 6 nitrogen and oxygen atoms in total. The van der Waals surface area contributed by atoms with Gasteiger partial charge in [0.15, 0.2) is 0 Å². The van der Waals surface area contributed by atoms with E-state index in [4.69, 9.17) is 4.74 Å². The lowest BCUT2D eigenvalue weighted by Gasteiger charge is -2.33. The first-order valence-corrected chi connectivity index (χ1v) is 10.3. The fraction of sp³-hybridized carbons (Fsp3) is 0.714. The molecule has 0 radical (unpaired) electrons. The molecule has 1 aliphatic heterocycles. The van der Waals surface area contributed by atoms with Crippen LogP contribution in [0.4, 0.5) is 4.79 Å². The number of hydrogen-bond donors (Lipinski definition) is 0. The van der Waals surface area contributed by atoms with Crippen molar-refractivity contribution < 1.29 is 14.3 Å². The molecule has 150 valence electrons. The van der Waals surface area contributed by atoms with Crippen LogP contribution in [-0.2, 0) is 17.6 Å². The lowest BCUT2D eigenvalue weighted by atomic mass is 9.90. The fourth-order valence-corrected chi connectivity index (χ4v) is 4.66. The SMILES string of the molecule is CCN(CCCC1CCN(C(=O)OC)C1)C1CCc2cn(C(C)=O)cc2C1. The van der Waals surface area contributed by atoms with Gasteiger partial charge in [-0.25, -0.2) is 4.79 Å². The Hall–Kier alpha value is -1.82. The Morgan fingerprint density at radius 3 is 2.74 bits per heavy atom. The standard InChI is InChI=1S/C21H33N3O3/c1-4-22(10-5-6-17-9-11-23(13-17)21(26)27-3)20-8-7-18-14-24(16(2)25)15-19(18)12-20/h14-15,17,20H,4-13H2,1-3H3. The van der Waals surface area contributed by atoms with Crippen LogP contribution >= 0.6 is 0 Å². The van der Waals surface area contributed by atoms with Gasteiger partial charge in [0.1, 0.15) is 0 Å². The quantitative estimate of drug-likeness (QED) is 0.766. The normalized spacial score (nSPS) is 22.1. The molecule has 2 unspecified atom stereocenters.